The number of carbonyl (C=O) groups excluding carboxylic acids is 1. The first-order valence-corrected chi connectivity index (χ1v) is 5.78. The number of aromatic nitrogens is 2. The van der Waals surface area contributed by atoms with Crippen LogP contribution in [0.3, 0.4) is 0 Å². The lowest BCUT2D eigenvalue weighted by molar-refractivity contribution is 0.0987. The Balaban J connectivity index is 2.19. The van der Waals surface area contributed by atoms with Crippen LogP contribution in [-0.2, 0) is 0 Å². The van der Waals surface area contributed by atoms with Gasteiger partial charge in [-0.15, -0.1) is 0 Å². The maximum atomic E-state index is 11.8. The number of hydrogen-bond donors (Lipinski definition) is 1. The molecule has 1 N–H and O–H groups in total. The minimum Gasteiger partial charge on any atom is -0.351 e. The van der Waals surface area contributed by atoms with Crippen molar-refractivity contribution in [2.45, 2.75) is 6.92 Å². The number of carbonyl (C=O) groups is 1. The number of hydrogen-bond acceptors (Lipinski definition) is 4. The smallest absolute Gasteiger partial charge is 0.294 e. The molecule has 0 aliphatic heterocycles. The molecule has 0 saturated heterocycles. The van der Waals surface area contributed by atoms with E-state index in [0.717, 1.165) is 0 Å². The predicted molar refractivity (Wildman–Crippen MR) is 66.1 cm³/mol. The van der Waals surface area contributed by atoms with E-state index in [2.05, 4.69) is 31.4 Å². The van der Waals surface area contributed by atoms with Crippen molar-refractivity contribution in [2.75, 3.05) is 5.32 Å². The van der Waals surface area contributed by atoms with Crippen LogP contribution in [0.4, 0.5) is 5.69 Å². The summed E-state index contributed by atoms with van der Waals surface area (Å²) in [7, 11) is 0. The molecule has 0 aromatic carbocycles. The Hall–Kier alpha value is -1.40. The van der Waals surface area contributed by atoms with Crippen molar-refractivity contribution < 1.29 is 9.32 Å². The third kappa shape index (κ3) is 2.65. The number of amides is 1. The van der Waals surface area contributed by atoms with Crippen LogP contribution in [0.1, 0.15) is 16.1 Å². The summed E-state index contributed by atoms with van der Waals surface area (Å²) in [5.41, 5.74) is 1.19. The van der Waals surface area contributed by atoms with Gasteiger partial charge in [-0.25, -0.2) is 4.98 Å². The second-order valence-electron chi connectivity index (χ2n) is 3.29. The Bertz CT molecular complexity index is 570. The monoisotopic (exact) mass is 315 g/mol. The molecule has 0 atom stereocenters. The van der Waals surface area contributed by atoms with Gasteiger partial charge >= 0.3 is 0 Å². The first-order valence-electron chi connectivity index (χ1n) is 4.61. The lowest BCUT2D eigenvalue weighted by Gasteiger charge is -2.03. The quantitative estimate of drug-likeness (QED) is 0.865. The number of halogens is 2. The molecule has 0 radical (unpaired) electrons. The highest BCUT2D eigenvalue weighted by molar-refractivity contribution is 9.10. The molecule has 0 aliphatic carbocycles. The Morgan fingerprint density at radius 2 is 2.29 bits per heavy atom. The van der Waals surface area contributed by atoms with E-state index in [1.165, 1.54) is 12.4 Å². The zero-order valence-electron chi connectivity index (χ0n) is 8.70. The van der Waals surface area contributed by atoms with Crippen LogP contribution in [0.2, 0.25) is 5.15 Å². The van der Waals surface area contributed by atoms with Gasteiger partial charge < -0.3 is 9.84 Å². The molecule has 0 bridgehead atoms. The van der Waals surface area contributed by atoms with Crippen LogP contribution in [0.5, 0.6) is 0 Å². The van der Waals surface area contributed by atoms with Crippen LogP contribution in [0.15, 0.2) is 27.5 Å². The normalized spacial score (nSPS) is 10.3. The summed E-state index contributed by atoms with van der Waals surface area (Å²) in [5, 5.41) is 6.50. The largest absolute Gasteiger partial charge is 0.351 e. The Kier molecular flexibility index (Phi) is 3.44. The van der Waals surface area contributed by atoms with Crippen LogP contribution in [0, 0.1) is 6.92 Å². The molecule has 1 amide bonds. The second kappa shape index (κ2) is 4.85. The summed E-state index contributed by atoms with van der Waals surface area (Å²) in [6, 6.07) is 1.65. The zero-order chi connectivity index (χ0) is 12.4. The van der Waals surface area contributed by atoms with E-state index in [1.807, 2.05) is 0 Å². The molecule has 0 fully saturated rings. The van der Waals surface area contributed by atoms with Crippen LogP contribution < -0.4 is 5.32 Å². The number of rotatable bonds is 2. The van der Waals surface area contributed by atoms with Crippen molar-refractivity contribution in [1.29, 1.82) is 0 Å². The first kappa shape index (κ1) is 12.1. The van der Waals surface area contributed by atoms with E-state index < -0.39 is 0 Å². The van der Waals surface area contributed by atoms with Gasteiger partial charge in [-0.2, -0.15) is 0 Å². The molecule has 0 unspecified atom stereocenters. The summed E-state index contributed by atoms with van der Waals surface area (Å²) < 4.78 is 5.44. The number of aryl methyl sites for hydroxylation is 1. The maximum Gasteiger partial charge on any atom is 0.294 e. The Morgan fingerprint density at radius 3 is 2.88 bits per heavy atom. The number of nitrogens with one attached hydrogen (secondary N) is 1. The van der Waals surface area contributed by atoms with E-state index >= 15 is 0 Å². The van der Waals surface area contributed by atoms with E-state index in [1.54, 1.807) is 13.0 Å². The van der Waals surface area contributed by atoms with E-state index in [-0.39, 0.29) is 11.7 Å². The van der Waals surface area contributed by atoms with Crippen molar-refractivity contribution in [3.05, 3.63) is 39.4 Å². The molecule has 17 heavy (non-hydrogen) atoms. The predicted octanol–water partition coefficient (Wildman–Crippen LogP) is 3.05. The van der Waals surface area contributed by atoms with Crippen molar-refractivity contribution in [1.82, 2.24) is 10.1 Å². The standard InChI is InChI=1S/C10H7BrClN3O2/c1-5-3-14-17-8(5)10(16)15-6-2-7(11)9(12)13-4-6/h2-4H,1H3,(H,15,16). The average Bonchev–Trinajstić information content (AvgIpc) is 2.70. The van der Waals surface area contributed by atoms with Gasteiger partial charge in [0.1, 0.15) is 5.15 Å². The van der Waals surface area contributed by atoms with E-state index in [4.69, 9.17) is 16.1 Å². The van der Waals surface area contributed by atoms with Crippen molar-refractivity contribution in [2.24, 2.45) is 0 Å². The van der Waals surface area contributed by atoms with Gasteiger partial charge in [-0.1, -0.05) is 16.8 Å². The highest BCUT2D eigenvalue weighted by atomic mass is 79.9. The number of pyridine rings is 1. The molecule has 2 aromatic rings. The molecule has 88 valence electrons. The lowest BCUT2D eigenvalue weighted by atomic mass is 10.3. The van der Waals surface area contributed by atoms with Crippen molar-refractivity contribution >= 4 is 39.1 Å². The lowest BCUT2D eigenvalue weighted by Crippen LogP contribution is -2.12. The fourth-order valence-corrected chi connectivity index (χ4v) is 1.64. The maximum absolute atomic E-state index is 11.8. The van der Waals surface area contributed by atoms with Gasteiger partial charge in [0.25, 0.3) is 5.91 Å². The summed E-state index contributed by atoms with van der Waals surface area (Å²) in [4.78, 5) is 15.7. The topological polar surface area (TPSA) is 68.0 Å². The number of anilines is 1. The summed E-state index contributed by atoms with van der Waals surface area (Å²) >= 11 is 8.96. The molecular weight excluding hydrogens is 309 g/mol. The van der Waals surface area contributed by atoms with Crippen molar-refractivity contribution in [3.63, 3.8) is 0 Å². The molecule has 0 saturated carbocycles. The van der Waals surface area contributed by atoms with Gasteiger partial charge in [-0.3, -0.25) is 4.79 Å². The summed E-state index contributed by atoms with van der Waals surface area (Å²) in [5.74, 6) is -0.202. The molecule has 0 aliphatic rings. The average molecular weight is 317 g/mol. The zero-order valence-corrected chi connectivity index (χ0v) is 11.0. The second-order valence-corrected chi connectivity index (χ2v) is 4.50. The third-order valence-corrected chi connectivity index (χ3v) is 3.14. The molecule has 7 heteroatoms. The minimum atomic E-state index is -0.379. The molecule has 5 nitrogen and oxygen atoms in total. The highest BCUT2D eigenvalue weighted by Gasteiger charge is 2.14. The Morgan fingerprint density at radius 1 is 1.53 bits per heavy atom. The van der Waals surface area contributed by atoms with Gasteiger partial charge in [0.15, 0.2) is 0 Å². The van der Waals surface area contributed by atoms with Gasteiger partial charge in [0.2, 0.25) is 5.76 Å². The molecule has 2 rings (SSSR count). The van der Waals surface area contributed by atoms with Crippen LogP contribution in [-0.4, -0.2) is 16.0 Å². The van der Waals surface area contributed by atoms with E-state index in [9.17, 15) is 4.79 Å². The molecule has 2 heterocycles. The SMILES string of the molecule is Cc1cnoc1C(=O)Nc1cnc(Cl)c(Br)c1. The van der Waals surface area contributed by atoms with E-state index in [0.29, 0.717) is 20.9 Å². The highest BCUT2D eigenvalue weighted by Crippen LogP contribution is 2.23. The molecular formula is C10H7BrClN3O2. The van der Waals surface area contributed by atoms with Gasteiger partial charge in [-0.05, 0) is 28.9 Å². The fraction of sp³-hybridized carbons (Fsp3) is 0.100. The fourth-order valence-electron chi connectivity index (χ4n) is 1.19. The van der Waals surface area contributed by atoms with Gasteiger partial charge in [0, 0.05) is 5.56 Å². The number of nitrogens with zero attached hydrogens (tertiary/aromatic N) is 2. The summed E-state index contributed by atoms with van der Waals surface area (Å²) in [6.45, 7) is 1.74. The Labute approximate surface area is 110 Å². The third-order valence-electron chi connectivity index (χ3n) is 2.01. The minimum absolute atomic E-state index is 0.177. The van der Waals surface area contributed by atoms with Crippen LogP contribution in [0.25, 0.3) is 0 Å². The van der Waals surface area contributed by atoms with Crippen LogP contribution >= 0.6 is 27.5 Å². The van der Waals surface area contributed by atoms with Gasteiger partial charge in [0.05, 0.1) is 22.6 Å². The molecule has 2 aromatic heterocycles. The molecule has 0 spiro atoms. The summed E-state index contributed by atoms with van der Waals surface area (Å²) in [6.07, 6.45) is 2.93. The van der Waals surface area contributed by atoms with Crippen molar-refractivity contribution in [3.8, 4) is 0 Å². The first-order chi connectivity index (χ1) is 8.08.